The summed E-state index contributed by atoms with van der Waals surface area (Å²) in [5, 5.41) is 6.36. The van der Waals surface area contributed by atoms with Crippen LogP contribution in [-0.2, 0) is 16.0 Å². The maximum Gasteiger partial charge on any atom is 0.242 e. The lowest BCUT2D eigenvalue weighted by Crippen LogP contribution is -2.41. The second-order valence-corrected chi connectivity index (χ2v) is 5.36. The van der Waals surface area contributed by atoms with Gasteiger partial charge in [-0.1, -0.05) is 18.2 Å². The van der Waals surface area contributed by atoms with Gasteiger partial charge in [-0.15, -0.1) is 0 Å². The molecule has 1 aromatic rings. The average molecular weight is 260 g/mol. The number of ether oxygens (including phenoxy) is 1. The van der Waals surface area contributed by atoms with E-state index >= 15 is 0 Å². The number of rotatable bonds is 3. The van der Waals surface area contributed by atoms with Crippen LogP contribution >= 0.6 is 0 Å². The Hall–Kier alpha value is -1.55. The van der Waals surface area contributed by atoms with E-state index in [1.165, 1.54) is 5.56 Å². The molecule has 4 nitrogen and oxygen atoms in total. The van der Waals surface area contributed by atoms with Crippen LogP contribution in [0.15, 0.2) is 24.3 Å². The molecular weight excluding hydrogens is 240 g/mol. The maximum atomic E-state index is 12.2. The molecule has 3 rings (SSSR count). The molecule has 0 bridgehead atoms. The van der Waals surface area contributed by atoms with Crippen molar-refractivity contribution in [3.8, 4) is 0 Å². The second-order valence-electron chi connectivity index (χ2n) is 5.36. The lowest BCUT2D eigenvalue weighted by Gasteiger charge is -2.23. The maximum absolute atomic E-state index is 12.2. The molecular formula is C15H20N2O2. The third-order valence-corrected chi connectivity index (χ3v) is 3.99. The number of carbonyl (C=O) groups is 1. The van der Waals surface area contributed by atoms with Crippen molar-refractivity contribution in [2.75, 3.05) is 25.1 Å². The number of benzene rings is 1. The highest BCUT2D eigenvalue weighted by Crippen LogP contribution is 2.25. The lowest BCUT2D eigenvalue weighted by molar-refractivity contribution is -0.122. The van der Waals surface area contributed by atoms with E-state index < -0.39 is 0 Å². The average Bonchev–Trinajstić information content (AvgIpc) is 2.90. The summed E-state index contributed by atoms with van der Waals surface area (Å²) in [6.07, 6.45) is 2.90. The van der Waals surface area contributed by atoms with E-state index in [0.29, 0.717) is 5.92 Å². The number of para-hydroxylation sites is 1. The van der Waals surface area contributed by atoms with Gasteiger partial charge in [0.15, 0.2) is 0 Å². The van der Waals surface area contributed by atoms with Crippen molar-refractivity contribution >= 4 is 11.6 Å². The highest BCUT2D eigenvalue weighted by molar-refractivity contribution is 5.87. The van der Waals surface area contributed by atoms with Gasteiger partial charge in [0.05, 0.1) is 0 Å². The predicted molar refractivity (Wildman–Crippen MR) is 74.1 cm³/mol. The van der Waals surface area contributed by atoms with Crippen LogP contribution in [-0.4, -0.2) is 31.7 Å². The minimum atomic E-state index is -0.114. The third-order valence-electron chi connectivity index (χ3n) is 3.99. The van der Waals surface area contributed by atoms with Crippen LogP contribution in [0.3, 0.4) is 0 Å². The monoisotopic (exact) mass is 260 g/mol. The molecule has 19 heavy (non-hydrogen) atoms. The SMILES string of the molecule is O=C(NCC1CCOCC1)C1Cc2ccccc2N1. The summed E-state index contributed by atoms with van der Waals surface area (Å²) >= 11 is 0. The molecule has 1 atom stereocenters. The molecule has 2 heterocycles. The van der Waals surface area contributed by atoms with Gasteiger partial charge in [0.1, 0.15) is 6.04 Å². The normalized spacial score (nSPS) is 22.6. The Kier molecular flexibility index (Phi) is 3.69. The molecule has 102 valence electrons. The molecule has 0 spiro atoms. The second kappa shape index (κ2) is 5.61. The molecule has 2 aliphatic rings. The molecule has 0 aromatic heterocycles. The molecule has 1 fully saturated rings. The van der Waals surface area contributed by atoms with Crippen molar-refractivity contribution in [3.05, 3.63) is 29.8 Å². The minimum absolute atomic E-state index is 0.114. The number of hydrogen-bond donors (Lipinski definition) is 2. The molecule has 0 radical (unpaired) electrons. The van der Waals surface area contributed by atoms with E-state index in [-0.39, 0.29) is 11.9 Å². The molecule has 4 heteroatoms. The zero-order valence-corrected chi connectivity index (χ0v) is 11.0. The Labute approximate surface area is 113 Å². The van der Waals surface area contributed by atoms with Gasteiger partial charge in [-0.3, -0.25) is 4.79 Å². The van der Waals surface area contributed by atoms with Crippen molar-refractivity contribution in [1.82, 2.24) is 5.32 Å². The molecule has 1 unspecified atom stereocenters. The molecule has 2 aliphatic heterocycles. The van der Waals surface area contributed by atoms with Crippen molar-refractivity contribution in [2.24, 2.45) is 5.92 Å². The van der Waals surface area contributed by atoms with Gasteiger partial charge in [-0.05, 0) is 30.4 Å². The Morgan fingerprint density at radius 1 is 1.32 bits per heavy atom. The van der Waals surface area contributed by atoms with Gasteiger partial charge in [-0.25, -0.2) is 0 Å². The van der Waals surface area contributed by atoms with Gasteiger partial charge >= 0.3 is 0 Å². The van der Waals surface area contributed by atoms with Crippen molar-refractivity contribution in [3.63, 3.8) is 0 Å². The van der Waals surface area contributed by atoms with Crippen molar-refractivity contribution < 1.29 is 9.53 Å². The third kappa shape index (κ3) is 2.89. The Balaban J connectivity index is 1.49. The summed E-state index contributed by atoms with van der Waals surface area (Å²) < 4.78 is 5.32. The molecule has 1 amide bonds. The number of hydrogen-bond acceptors (Lipinski definition) is 3. The van der Waals surface area contributed by atoms with E-state index in [0.717, 1.165) is 44.7 Å². The first-order valence-electron chi connectivity index (χ1n) is 7.03. The van der Waals surface area contributed by atoms with Crippen molar-refractivity contribution in [2.45, 2.75) is 25.3 Å². The van der Waals surface area contributed by atoms with E-state index in [1.54, 1.807) is 0 Å². The number of carbonyl (C=O) groups excluding carboxylic acids is 1. The fraction of sp³-hybridized carbons (Fsp3) is 0.533. The van der Waals surface area contributed by atoms with Crippen LogP contribution < -0.4 is 10.6 Å². The molecule has 0 saturated carbocycles. The first-order chi connectivity index (χ1) is 9.33. The van der Waals surface area contributed by atoms with Crippen LogP contribution in [0.5, 0.6) is 0 Å². The number of anilines is 1. The van der Waals surface area contributed by atoms with E-state index in [1.807, 2.05) is 18.2 Å². The van der Waals surface area contributed by atoms with Gasteiger partial charge in [-0.2, -0.15) is 0 Å². The zero-order chi connectivity index (χ0) is 13.1. The van der Waals surface area contributed by atoms with E-state index in [9.17, 15) is 4.79 Å². The number of fused-ring (bicyclic) bond motifs is 1. The van der Waals surface area contributed by atoms with Crippen LogP contribution in [0, 0.1) is 5.92 Å². The summed E-state index contributed by atoms with van der Waals surface area (Å²) in [5.41, 5.74) is 2.32. The summed E-state index contributed by atoms with van der Waals surface area (Å²) in [7, 11) is 0. The summed E-state index contributed by atoms with van der Waals surface area (Å²) in [6.45, 7) is 2.43. The minimum Gasteiger partial charge on any atom is -0.381 e. The lowest BCUT2D eigenvalue weighted by atomic mass is 10.0. The fourth-order valence-corrected chi connectivity index (χ4v) is 2.77. The zero-order valence-electron chi connectivity index (χ0n) is 11.0. The van der Waals surface area contributed by atoms with Gasteiger partial charge in [0.25, 0.3) is 0 Å². The van der Waals surface area contributed by atoms with Crippen LogP contribution in [0.25, 0.3) is 0 Å². The molecule has 0 aliphatic carbocycles. The fourth-order valence-electron chi connectivity index (χ4n) is 2.77. The predicted octanol–water partition coefficient (Wildman–Crippen LogP) is 1.57. The van der Waals surface area contributed by atoms with Crippen molar-refractivity contribution in [1.29, 1.82) is 0 Å². The van der Waals surface area contributed by atoms with E-state index in [2.05, 4.69) is 16.7 Å². The molecule has 2 N–H and O–H groups in total. The molecule has 1 saturated heterocycles. The van der Waals surface area contributed by atoms with E-state index in [4.69, 9.17) is 4.74 Å². The highest BCUT2D eigenvalue weighted by Gasteiger charge is 2.26. The van der Waals surface area contributed by atoms with Gasteiger partial charge in [0, 0.05) is 31.9 Å². The van der Waals surface area contributed by atoms with Gasteiger partial charge < -0.3 is 15.4 Å². The standard InChI is InChI=1S/C15H20N2O2/c18-15(16-10-11-5-7-19-8-6-11)14-9-12-3-1-2-4-13(12)17-14/h1-4,11,14,17H,5-10H2,(H,16,18). The Morgan fingerprint density at radius 2 is 2.11 bits per heavy atom. The Bertz CT molecular complexity index is 430. The number of nitrogens with one attached hydrogen (secondary N) is 2. The summed E-state index contributed by atoms with van der Waals surface area (Å²) in [5.74, 6) is 0.684. The van der Waals surface area contributed by atoms with Crippen LogP contribution in [0.1, 0.15) is 18.4 Å². The largest absolute Gasteiger partial charge is 0.381 e. The summed E-state index contributed by atoms with van der Waals surface area (Å²) in [4.78, 5) is 12.2. The first-order valence-corrected chi connectivity index (χ1v) is 7.03. The van der Waals surface area contributed by atoms with Crippen LogP contribution in [0.2, 0.25) is 0 Å². The first kappa shape index (κ1) is 12.5. The quantitative estimate of drug-likeness (QED) is 0.867. The molecule has 1 aromatic carbocycles. The smallest absolute Gasteiger partial charge is 0.242 e. The van der Waals surface area contributed by atoms with Gasteiger partial charge in [0.2, 0.25) is 5.91 Å². The highest BCUT2D eigenvalue weighted by atomic mass is 16.5. The Morgan fingerprint density at radius 3 is 2.89 bits per heavy atom. The number of amides is 1. The topological polar surface area (TPSA) is 50.4 Å². The summed E-state index contributed by atoms with van der Waals surface area (Å²) in [6, 6.07) is 8.00. The van der Waals surface area contributed by atoms with Crippen LogP contribution in [0.4, 0.5) is 5.69 Å².